The minimum atomic E-state index is -3.98. The Bertz CT molecular complexity index is 1220. The molecule has 3 aromatic rings. The van der Waals surface area contributed by atoms with Crippen LogP contribution in [-0.4, -0.2) is 27.1 Å². The lowest BCUT2D eigenvalue weighted by atomic mass is 10.0. The van der Waals surface area contributed by atoms with E-state index in [1.807, 2.05) is 19.1 Å². The van der Waals surface area contributed by atoms with Gasteiger partial charge in [0, 0.05) is 5.02 Å². The fourth-order valence-corrected chi connectivity index (χ4v) is 4.62. The Morgan fingerprint density at radius 3 is 2.18 bits per heavy atom. The highest BCUT2D eigenvalue weighted by Gasteiger charge is 2.27. The molecule has 0 aliphatic carbocycles. The van der Waals surface area contributed by atoms with Gasteiger partial charge in [-0.15, -0.1) is 0 Å². The summed E-state index contributed by atoms with van der Waals surface area (Å²) in [5, 5.41) is 4.53. The van der Waals surface area contributed by atoms with Crippen molar-refractivity contribution in [2.45, 2.75) is 31.6 Å². The lowest BCUT2D eigenvalue weighted by molar-refractivity contribution is -0.119. The lowest BCUT2D eigenvalue weighted by Crippen LogP contribution is -2.39. The van der Waals surface area contributed by atoms with Gasteiger partial charge in [0.05, 0.1) is 16.8 Å². The molecule has 0 bridgehead atoms. The van der Waals surface area contributed by atoms with Crippen LogP contribution in [0.5, 0.6) is 0 Å². The summed E-state index contributed by atoms with van der Waals surface area (Å²) in [7, 11) is -3.98. The van der Waals surface area contributed by atoms with E-state index in [1.165, 1.54) is 18.3 Å². The predicted molar refractivity (Wildman–Crippen MR) is 133 cm³/mol. The topological polar surface area (TPSA) is 78.8 Å². The van der Waals surface area contributed by atoms with Gasteiger partial charge in [-0.1, -0.05) is 67.4 Å². The number of benzene rings is 3. The number of aryl methyl sites for hydroxylation is 1. The molecule has 0 atom stereocenters. The molecule has 0 aliphatic rings. The van der Waals surface area contributed by atoms with Gasteiger partial charge in [-0.3, -0.25) is 9.10 Å². The molecule has 8 heteroatoms. The van der Waals surface area contributed by atoms with Crippen LogP contribution in [0.15, 0.2) is 82.8 Å². The van der Waals surface area contributed by atoms with E-state index in [0.717, 1.165) is 21.0 Å². The molecule has 33 heavy (non-hydrogen) atoms. The van der Waals surface area contributed by atoms with Gasteiger partial charge in [-0.25, -0.2) is 13.8 Å². The van der Waals surface area contributed by atoms with Crippen molar-refractivity contribution in [2.75, 3.05) is 10.8 Å². The molecule has 3 aromatic carbocycles. The molecule has 3 rings (SSSR count). The number of rotatable bonds is 8. The van der Waals surface area contributed by atoms with E-state index in [-0.39, 0.29) is 4.90 Å². The minimum Gasteiger partial charge on any atom is -0.271 e. The first-order valence-corrected chi connectivity index (χ1v) is 12.3. The summed E-state index contributed by atoms with van der Waals surface area (Å²) in [6.07, 6.45) is 1.46. The number of hydrazone groups is 1. The molecule has 1 N–H and O–H groups in total. The Kier molecular flexibility index (Phi) is 7.89. The second kappa shape index (κ2) is 10.6. The zero-order valence-corrected chi connectivity index (χ0v) is 20.3. The molecule has 0 saturated carbocycles. The number of sulfonamides is 1. The third-order valence-electron chi connectivity index (χ3n) is 5.02. The molecule has 0 aliphatic heterocycles. The summed E-state index contributed by atoms with van der Waals surface area (Å²) in [5.41, 5.74) is 5.56. The first kappa shape index (κ1) is 24.5. The van der Waals surface area contributed by atoms with Gasteiger partial charge in [0.1, 0.15) is 6.54 Å². The van der Waals surface area contributed by atoms with Crippen molar-refractivity contribution in [1.29, 1.82) is 0 Å². The zero-order valence-electron chi connectivity index (χ0n) is 18.7. The summed E-state index contributed by atoms with van der Waals surface area (Å²) >= 11 is 5.86. The fourth-order valence-electron chi connectivity index (χ4n) is 3.07. The minimum absolute atomic E-state index is 0.110. The number of carbonyl (C=O) groups excluding carboxylic acids is 1. The molecule has 0 fully saturated rings. The molecule has 0 aromatic heterocycles. The molecule has 0 radical (unpaired) electrons. The molecule has 1 amide bonds. The van der Waals surface area contributed by atoms with Gasteiger partial charge in [-0.2, -0.15) is 5.10 Å². The molecular weight excluding hydrogens is 458 g/mol. The highest BCUT2D eigenvalue weighted by Crippen LogP contribution is 2.26. The maximum atomic E-state index is 13.4. The normalized spacial score (nSPS) is 11.7. The Morgan fingerprint density at radius 2 is 1.61 bits per heavy atom. The van der Waals surface area contributed by atoms with Crippen LogP contribution in [0.3, 0.4) is 0 Å². The van der Waals surface area contributed by atoms with E-state index in [2.05, 4.69) is 24.4 Å². The Morgan fingerprint density at radius 1 is 1.00 bits per heavy atom. The monoisotopic (exact) mass is 483 g/mol. The average Bonchev–Trinajstić information content (AvgIpc) is 2.79. The number of hydrogen-bond acceptors (Lipinski definition) is 4. The molecule has 172 valence electrons. The van der Waals surface area contributed by atoms with Gasteiger partial charge in [-0.05, 0) is 60.4 Å². The van der Waals surface area contributed by atoms with Crippen molar-refractivity contribution in [2.24, 2.45) is 5.10 Å². The average molecular weight is 484 g/mol. The maximum Gasteiger partial charge on any atom is 0.264 e. The third kappa shape index (κ3) is 6.43. The molecule has 0 spiro atoms. The number of anilines is 1. The highest BCUT2D eigenvalue weighted by atomic mass is 35.5. The second-order valence-electron chi connectivity index (χ2n) is 7.92. The summed E-state index contributed by atoms with van der Waals surface area (Å²) in [6.45, 7) is 5.57. The van der Waals surface area contributed by atoms with Crippen molar-refractivity contribution in [3.05, 3.63) is 94.5 Å². The molecule has 6 nitrogen and oxygen atoms in total. The lowest BCUT2D eigenvalue weighted by Gasteiger charge is -2.24. The zero-order chi connectivity index (χ0) is 24.0. The van der Waals surface area contributed by atoms with E-state index in [4.69, 9.17) is 11.6 Å². The molecule has 0 heterocycles. The number of nitrogens with one attached hydrogen (secondary N) is 1. The van der Waals surface area contributed by atoms with Crippen LogP contribution in [0.1, 0.15) is 36.5 Å². The number of hydrogen-bond donors (Lipinski definition) is 1. The summed E-state index contributed by atoms with van der Waals surface area (Å²) in [4.78, 5) is 12.7. The van der Waals surface area contributed by atoms with Crippen molar-refractivity contribution in [1.82, 2.24) is 5.43 Å². The fraction of sp³-hybridized carbons (Fsp3) is 0.200. The smallest absolute Gasteiger partial charge is 0.264 e. The van der Waals surface area contributed by atoms with Crippen LogP contribution in [0.4, 0.5) is 5.69 Å². The molecular formula is C25H26ClN3O3S. The van der Waals surface area contributed by atoms with Gasteiger partial charge in [0.15, 0.2) is 0 Å². The summed E-state index contributed by atoms with van der Waals surface area (Å²) in [5.74, 6) is -0.268. The second-order valence-corrected chi connectivity index (χ2v) is 10.2. The largest absolute Gasteiger partial charge is 0.271 e. The van der Waals surface area contributed by atoms with Crippen LogP contribution in [0.2, 0.25) is 5.02 Å². The van der Waals surface area contributed by atoms with Crippen LogP contribution in [0.25, 0.3) is 0 Å². The first-order valence-electron chi connectivity index (χ1n) is 10.4. The number of amides is 1. The van der Waals surface area contributed by atoms with Crippen molar-refractivity contribution < 1.29 is 13.2 Å². The van der Waals surface area contributed by atoms with Crippen molar-refractivity contribution in [3.63, 3.8) is 0 Å². The van der Waals surface area contributed by atoms with E-state index in [9.17, 15) is 13.2 Å². The van der Waals surface area contributed by atoms with Gasteiger partial charge < -0.3 is 0 Å². The Balaban J connectivity index is 1.85. The van der Waals surface area contributed by atoms with E-state index < -0.39 is 22.5 Å². The van der Waals surface area contributed by atoms with Crippen LogP contribution in [0, 0.1) is 6.92 Å². The first-order chi connectivity index (χ1) is 15.7. The molecule has 0 unspecified atom stereocenters. The summed E-state index contributed by atoms with van der Waals surface area (Å²) < 4.78 is 27.9. The number of halogens is 1. The van der Waals surface area contributed by atoms with E-state index >= 15 is 0 Å². The maximum absolute atomic E-state index is 13.4. The van der Waals surface area contributed by atoms with Crippen LogP contribution < -0.4 is 9.73 Å². The SMILES string of the molecule is Cc1ccc(S(=O)(=O)N(CC(=O)N/N=C\c2ccc(Cl)cc2)c2ccc(C(C)C)cc2)cc1. The van der Waals surface area contributed by atoms with E-state index in [0.29, 0.717) is 16.6 Å². The van der Waals surface area contributed by atoms with Crippen LogP contribution >= 0.6 is 11.6 Å². The molecule has 0 saturated heterocycles. The van der Waals surface area contributed by atoms with Gasteiger partial charge in [0.2, 0.25) is 0 Å². The Labute approximate surface area is 200 Å². The number of carbonyl (C=O) groups is 1. The van der Waals surface area contributed by atoms with Gasteiger partial charge >= 0.3 is 0 Å². The van der Waals surface area contributed by atoms with Crippen LogP contribution in [-0.2, 0) is 14.8 Å². The predicted octanol–water partition coefficient (Wildman–Crippen LogP) is 5.12. The van der Waals surface area contributed by atoms with Crippen molar-refractivity contribution in [3.8, 4) is 0 Å². The Hall–Kier alpha value is -3.16. The highest BCUT2D eigenvalue weighted by molar-refractivity contribution is 7.92. The standard InChI is InChI=1S/C25H26ClN3O3S/c1-18(2)21-8-12-23(13-9-21)29(33(31,32)24-14-4-19(3)5-15-24)17-25(30)28-27-16-20-6-10-22(26)11-7-20/h4-16,18H,17H2,1-3H3,(H,28,30)/b27-16-. The quantitative estimate of drug-likeness (QED) is 0.357. The third-order valence-corrected chi connectivity index (χ3v) is 7.06. The van der Waals surface area contributed by atoms with Crippen molar-refractivity contribution >= 4 is 39.4 Å². The summed E-state index contributed by atoms with van der Waals surface area (Å²) in [6, 6.07) is 20.6. The number of nitrogens with zero attached hydrogens (tertiary/aromatic N) is 2. The van der Waals surface area contributed by atoms with Gasteiger partial charge in [0.25, 0.3) is 15.9 Å². The van der Waals surface area contributed by atoms with E-state index in [1.54, 1.807) is 48.5 Å².